The van der Waals surface area contributed by atoms with Crippen LogP contribution in [0.5, 0.6) is 0 Å². The van der Waals surface area contributed by atoms with Crippen molar-refractivity contribution in [3.63, 3.8) is 0 Å². The van der Waals surface area contributed by atoms with E-state index in [0.29, 0.717) is 5.56 Å². The molecule has 1 aliphatic carbocycles. The molecule has 0 radical (unpaired) electrons. The lowest BCUT2D eigenvalue weighted by molar-refractivity contribution is 0.0931. The quantitative estimate of drug-likeness (QED) is 0.944. The van der Waals surface area contributed by atoms with Crippen molar-refractivity contribution in [3.05, 3.63) is 40.2 Å². The van der Waals surface area contributed by atoms with Crippen molar-refractivity contribution in [1.29, 1.82) is 0 Å². The summed E-state index contributed by atoms with van der Waals surface area (Å²) in [6, 6.07) is -0.0179. The van der Waals surface area contributed by atoms with Gasteiger partial charge < -0.3 is 5.32 Å². The van der Waals surface area contributed by atoms with Crippen molar-refractivity contribution in [2.75, 3.05) is 0 Å². The Kier molecular flexibility index (Phi) is 4.15. The molecule has 122 valence electrons. The first kappa shape index (κ1) is 15.6. The lowest BCUT2D eigenvalue weighted by Crippen LogP contribution is -2.32. The highest BCUT2D eigenvalue weighted by atomic mass is 16.1. The van der Waals surface area contributed by atoms with Crippen LogP contribution in [0.3, 0.4) is 0 Å². The van der Waals surface area contributed by atoms with Gasteiger partial charge in [0.05, 0.1) is 17.3 Å². The van der Waals surface area contributed by atoms with Gasteiger partial charge in [-0.25, -0.2) is 9.97 Å². The Morgan fingerprint density at radius 2 is 2.17 bits per heavy atom. The molecule has 6 nitrogen and oxygen atoms in total. The fourth-order valence-corrected chi connectivity index (χ4v) is 3.36. The van der Waals surface area contributed by atoms with E-state index in [1.165, 1.54) is 0 Å². The smallest absolute Gasteiger partial charge is 0.255 e. The largest absolute Gasteiger partial charge is 0.345 e. The fourth-order valence-electron chi connectivity index (χ4n) is 3.36. The van der Waals surface area contributed by atoms with E-state index in [2.05, 4.69) is 20.4 Å². The zero-order chi connectivity index (χ0) is 16.6. The summed E-state index contributed by atoms with van der Waals surface area (Å²) in [6.07, 6.45) is 4.76. The van der Waals surface area contributed by atoms with Crippen LogP contribution in [0, 0.1) is 20.8 Å². The third-order valence-electron chi connectivity index (χ3n) is 4.52. The van der Waals surface area contributed by atoms with Crippen molar-refractivity contribution in [3.8, 4) is 0 Å². The van der Waals surface area contributed by atoms with Gasteiger partial charge in [-0.1, -0.05) is 0 Å². The van der Waals surface area contributed by atoms with Crippen molar-refractivity contribution in [2.24, 2.45) is 0 Å². The molecule has 2 aromatic rings. The maximum atomic E-state index is 12.8. The Balaban J connectivity index is 1.86. The first-order valence-corrected chi connectivity index (χ1v) is 8.18. The number of rotatable bonds is 3. The van der Waals surface area contributed by atoms with Gasteiger partial charge in [0.15, 0.2) is 0 Å². The van der Waals surface area contributed by atoms with Gasteiger partial charge in [0.2, 0.25) is 0 Å². The number of aromatic nitrogens is 4. The highest BCUT2D eigenvalue weighted by Crippen LogP contribution is 2.28. The van der Waals surface area contributed by atoms with Crippen LogP contribution >= 0.6 is 0 Å². The fraction of sp³-hybridized carbons (Fsp3) is 0.529. The van der Waals surface area contributed by atoms with Crippen LogP contribution in [0.25, 0.3) is 0 Å². The number of fused-ring (bicyclic) bond motifs is 1. The van der Waals surface area contributed by atoms with E-state index in [1.807, 2.05) is 38.6 Å². The molecule has 6 heteroatoms. The second-order valence-electron chi connectivity index (χ2n) is 6.10. The maximum absolute atomic E-state index is 12.8. The summed E-state index contributed by atoms with van der Waals surface area (Å²) in [5.74, 6) is 0.727. The number of carbonyl (C=O) groups is 1. The van der Waals surface area contributed by atoms with Gasteiger partial charge in [-0.3, -0.25) is 9.48 Å². The zero-order valence-corrected chi connectivity index (χ0v) is 14.2. The summed E-state index contributed by atoms with van der Waals surface area (Å²) in [6.45, 7) is 8.51. The number of hydrogen-bond acceptors (Lipinski definition) is 4. The van der Waals surface area contributed by atoms with Crippen LogP contribution in [0.1, 0.15) is 64.6 Å². The van der Waals surface area contributed by atoms with Crippen molar-refractivity contribution in [1.82, 2.24) is 25.1 Å². The minimum Gasteiger partial charge on any atom is -0.345 e. The Labute approximate surface area is 136 Å². The van der Waals surface area contributed by atoms with E-state index in [1.54, 1.807) is 0 Å². The van der Waals surface area contributed by atoms with Crippen LogP contribution in [0.4, 0.5) is 0 Å². The first-order chi connectivity index (χ1) is 11.0. The molecule has 0 aromatic carbocycles. The minimum atomic E-state index is -0.0573. The van der Waals surface area contributed by atoms with Gasteiger partial charge in [-0.2, -0.15) is 5.10 Å². The third-order valence-corrected chi connectivity index (χ3v) is 4.52. The van der Waals surface area contributed by atoms with Gasteiger partial charge in [0.1, 0.15) is 5.82 Å². The monoisotopic (exact) mass is 313 g/mol. The van der Waals surface area contributed by atoms with Crippen LogP contribution in [-0.4, -0.2) is 25.7 Å². The van der Waals surface area contributed by atoms with E-state index in [-0.39, 0.29) is 11.9 Å². The van der Waals surface area contributed by atoms with E-state index in [9.17, 15) is 4.79 Å². The van der Waals surface area contributed by atoms with Crippen LogP contribution in [-0.2, 0) is 13.0 Å². The normalized spacial score (nSPS) is 17.0. The molecule has 0 saturated heterocycles. The summed E-state index contributed by atoms with van der Waals surface area (Å²) in [4.78, 5) is 21.6. The topological polar surface area (TPSA) is 72.7 Å². The third kappa shape index (κ3) is 2.85. The molecule has 0 saturated carbocycles. The molecular formula is C17H23N5O. The van der Waals surface area contributed by atoms with Crippen LogP contribution in [0.15, 0.2) is 6.20 Å². The molecular weight excluding hydrogens is 290 g/mol. The summed E-state index contributed by atoms with van der Waals surface area (Å²) >= 11 is 0. The Hall–Kier alpha value is -2.24. The molecule has 0 aliphatic heterocycles. The highest BCUT2D eigenvalue weighted by Gasteiger charge is 2.26. The van der Waals surface area contributed by atoms with Crippen molar-refractivity contribution < 1.29 is 4.79 Å². The predicted molar refractivity (Wildman–Crippen MR) is 87.3 cm³/mol. The number of hydrogen-bond donors (Lipinski definition) is 1. The van der Waals surface area contributed by atoms with E-state index >= 15 is 0 Å². The molecule has 0 fully saturated rings. The number of aryl methyl sites for hydroxylation is 4. The van der Waals surface area contributed by atoms with Crippen molar-refractivity contribution >= 4 is 5.91 Å². The second kappa shape index (κ2) is 6.10. The van der Waals surface area contributed by atoms with Crippen LogP contribution in [0.2, 0.25) is 0 Å². The Morgan fingerprint density at radius 1 is 1.39 bits per heavy atom. The summed E-state index contributed by atoms with van der Waals surface area (Å²) < 4.78 is 1.87. The number of carbonyl (C=O) groups excluding carboxylic acids is 1. The molecule has 3 rings (SSSR count). The maximum Gasteiger partial charge on any atom is 0.255 e. The molecule has 1 aliphatic rings. The number of nitrogens with zero attached hydrogens (tertiary/aromatic N) is 4. The molecule has 0 bridgehead atoms. The second-order valence-corrected chi connectivity index (χ2v) is 6.10. The average molecular weight is 313 g/mol. The highest BCUT2D eigenvalue weighted by molar-refractivity contribution is 5.96. The Bertz CT molecular complexity index is 750. The molecule has 1 atom stereocenters. The summed E-state index contributed by atoms with van der Waals surface area (Å²) in [7, 11) is 0. The van der Waals surface area contributed by atoms with Gasteiger partial charge in [-0.05, 0) is 47.0 Å². The first-order valence-electron chi connectivity index (χ1n) is 8.18. The zero-order valence-electron chi connectivity index (χ0n) is 14.2. The van der Waals surface area contributed by atoms with Crippen molar-refractivity contribution in [2.45, 2.75) is 59.5 Å². The summed E-state index contributed by atoms with van der Waals surface area (Å²) in [5.41, 5.74) is 4.49. The minimum absolute atomic E-state index is 0.0179. The van der Waals surface area contributed by atoms with Gasteiger partial charge in [0.25, 0.3) is 5.91 Å². The van der Waals surface area contributed by atoms with Gasteiger partial charge in [-0.15, -0.1) is 0 Å². The standard InChI is InChI=1S/C17H23N5O/c1-5-22-11(3)16(10(2)21-22)17(23)20-15-8-6-7-14-13(15)9-18-12(4)19-14/h9,15H,5-8H2,1-4H3,(H,20,23)/t15-/m1/s1. The lowest BCUT2D eigenvalue weighted by Gasteiger charge is -2.25. The van der Waals surface area contributed by atoms with Crippen LogP contribution < -0.4 is 5.32 Å². The number of amides is 1. The lowest BCUT2D eigenvalue weighted by atomic mass is 9.92. The van der Waals surface area contributed by atoms with E-state index in [4.69, 9.17) is 0 Å². The molecule has 0 unspecified atom stereocenters. The summed E-state index contributed by atoms with van der Waals surface area (Å²) in [5, 5.41) is 7.59. The molecule has 2 aromatic heterocycles. The number of nitrogens with one attached hydrogen (secondary N) is 1. The van der Waals surface area contributed by atoms with Gasteiger partial charge in [0, 0.05) is 29.7 Å². The molecule has 23 heavy (non-hydrogen) atoms. The Morgan fingerprint density at radius 3 is 2.87 bits per heavy atom. The molecule has 2 heterocycles. The molecule has 1 N–H and O–H groups in total. The van der Waals surface area contributed by atoms with E-state index in [0.717, 1.165) is 54.3 Å². The predicted octanol–water partition coefficient (Wildman–Crippen LogP) is 2.43. The molecule has 1 amide bonds. The SMILES string of the molecule is CCn1nc(C)c(C(=O)N[C@@H]2CCCc3nc(C)ncc32)c1C. The molecule has 0 spiro atoms. The van der Waals surface area contributed by atoms with Gasteiger partial charge >= 0.3 is 0 Å². The van der Waals surface area contributed by atoms with E-state index < -0.39 is 0 Å². The average Bonchev–Trinajstić information content (AvgIpc) is 2.81.